The summed E-state index contributed by atoms with van der Waals surface area (Å²) < 4.78 is 5.08. The fourth-order valence-corrected chi connectivity index (χ4v) is 2.48. The minimum absolute atomic E-state index is 0.0856. The van der Waals surface area contributed by atoms with Crippen molar-refractivity contribution >= 4 is 18.2 Å². The first-order chi connectivity index (χ1) is 14.0. The normalized spacial score (nSPS) is 13.1. The highest BCUT2D eigenvalue weighted by Gasteiger charge is 2.29. The van der Waals surface area contributed by atoms with Crippen LogP contribution < -0.4 is 15.8 Å². The number of aldehydes is 1. The SMILES string of the molecule is C/C=C\C=C/CC.CC.COc1ccc2c(c1)C(=O)N(CC(C=O)NC(N)=O)C2. The second-order valence-electron chi connectivity index (χ2n) is 5.82. The Kier molecular flexibility index (Phi) is 13.3. The van der Waals surface area contributed by atoms with E-state index in [1.807, 2.05) is 39.0 Å². The smallest absolute Gasteiger partial charge is 0.312 e. The van der Waals surface area contributed by atoms with Crippen LogP contribution in [0.4, 0.5) is 4.79 Å². The Morgan fingerprint density at radius 1 is 1.34 bits per heavy atom. The molecule has 3 N–H and O–H groups in total. The quantitative estimate of drug-likeness (QED) is 0.538. The lowest BCUT2D eigenvalue weighted by Gasteiger charge is -2.20. The Hall–Kier alpha value is -3.09. The van der Waals surface area contributed by atoms with Crippen molar-refractivity contribution < 1.29 is 19.1 Å². The standard InChI is InChI=1S/C13H15N3O4.C7H12.C2H6/c1-20-10-3-2-8-5-16(12(18)11(8)4-10)6-9(7-17)15-13(14)19;1-3-5-7-6-4-2;1-2/h2-4,7,9H,5-6H2,1H3,(H3,14,15,19);3,5-7H,4H2,1-2H3;1-2H3/b;5-3-,7-6-;. The lowest BCUT2D eigenvalue weighted by atomic mass is 10.1. The fraction of sp³-hybridized carbons (Fsp3) is 0.409. The van der Waals surface area contributed by atoms with Crippen molar-refractivity contribution in [1.82, 2.24) is 10.2 Å². The van der Waals surface area contributed by atoms with Gasteiger partial charge in [0.2, 0.25) is 0 Å². The van der Waals surface area contributed by atoms with Crippen molar-refractivity contribution in [2.24, 2.45) is 5.73 Å². The maximum absolute atomic E-state index is 12.2. The summed E-state index contributed by atoms with van der Waals surface area (Å²) in [7, 11) is 1.53. The molecule has 1 unspecified atom stereocenters. The number of primary amides is 1. The molecule has 1 aromatic carbocycles. The van der Waals surface area contributed by atoms with Gasteiger partial charge in [-0.25, -0.2) is 4.79 Å². The molecule has 0 spiro atoms. The van der Waals surface area contributed by atoms with Gasteiger partial charge >= 0.3 is 6.03 Å². The van der Waals surface area contributed by atoms with Crippen LogP contribution in [0.5, 0.6) is 5.75 Å². The summed E-state index contributed by atoms with van der Waals surface area (Å²) in [6.45, 7) is 8.62. The first kappa shape index (κ1) is 25.9. The van der Waals surface area contributed by atoms with E-state index in [4.69, 9.17) is 10.5 Å². The molecule has 29 heavy (non-hydrogen) atoms. The van der Waals surface area contributed by atoms with Crippen LogP contribution in [0.25, 0.3) is 0 Å². The molecule has 0 fully saturated rings. The van der Waals surface area contributed by atoms with E-state index in [1.54, 1.807) is 12.1 Å². The number of nitrogens with two attached hydrogens (primary N) is 1. The maximum atomic E-state index is 12.2. The third-order valence-corrected chi connectivity index (χ3v) is 3.78. The number of fused-ring (bicyclic) bond motifs is 1. The van der Waals surface area contributed by atoms with Crippen LogP contribution in [-0.2, 0) is 11.3 Å². The Balaban J connectivity index is 0.000000740. The van der Waals surface area contributed by atoms with E-state index in [9.17, 15) is 14.4 Å². The number of benzene rings is 1. The predicted molar refractivity (Wildman–Crippen MR) is 116 cm³/mol. The average molecular weight is 404 g/mol. The van der Waals surface area contributed by atoms with E-state index >= 15 is 0 Å². The lowest BCUT2D eigenvalue weighted by molar-refractivity contribution is -0.109. The number of ether oxygens (including phenoxy) is 1. The highest BCUT2D eigenvalue weighted by molar-refractivity contribution is 5.99. The van der Waals surface area contributed by atoms with Gasteiger partial charge in [-0.05, 0) is 31.0 Å². The van der Waals surface area contributed by atoms with E-state index in [1.165, 1.54) is 12.0 Å². The molecule has 1 atom stereocenters. The Bertz CT molecular complexity index is 714. The van der Waals surface area contributed by atoms with E-state index in [0.29, 0.717) is 24.1 Å². The number of rotatable bonds is 7. The number of urea groups is 1. The first-order valence-electron chi connectivity index (χ1n) is 9.72. The zero-order valence-electron chi connectivity index (χ0n) is 18.0. The summed E-state index contributed by atoms with van der Waals surface area (Å²) in [4.78, 5) is 35.3. The summed E-state index contributed by atoms with van der Waals surface area (Å²) in [5.41, 5.74) is 6.38. The molecule has 7 nitrogen and oxygen atoms in total. The molecule has 0 aliphatic carbocycles. The van der Waals surface area contributed by atoms with E-state index < -0.39 is 12.1 Å². The van der Waals surface area contributed by atoms with E-state index in [-0.39, 0.29) is 12.5 Å². The number of carbonyl (C=O) groups is 3. The molecule has 0 aromatic heterocycles. The van der Waals surface area contributed by atoms with Gasteiger partial charge in [0.25, 0.3) is 5.91 Å². The number of methoxy groups -OCH3 is 1. The average Bonchev–Trinajstić information content (AvgIpc) is 3.04. The molecule has 0 saturated heterocycles. The Morgan fingerprint density at radius 2 is 2.03 bits per heavy atom. The monoisotopic (exact) mass is 403 g/mol. The molecule has 0 radical (unpaired) electrons. The Morgan fingerprint density at radius 3 is 2.55 bits per heavy atom. The van der Waals surface area contributed by atoms with Gasteiger partial charge in [-0.2, -0.15) is 0 Å². The zero-order valence-corrected chi connectivity index (χ0v) is 18.0. The minimum Gasteiger partial charge on any atom is -0.497 e. The van der Waals surface area contributed by atoms with Gasteiger partial charge in [-0.15, -0.1) is 0 Å². The van der Waals surface area contributed by atoms with Crippen LogP contribution >= 0.6 is 0 Å². The van der Waals surface area contributed by atoms with Gasteiger partial charge in [-0.3, -0.25) is 4.79 Å². The summed E-state index contributed by atoms with van der Waals surface area (Å²) in [6, 6.07) is 3.63. The molecule has 0 saturated carbocycles. The van der Waals surface area contributed by atoms with Crippen molar-refractivity contribution in [1.29, 1.82) is 0 Å². The number of carbonyl (C=O) groups excluding carboxylic acids is 3. The molecule has 1 aliphatic rings. The summed E-state index contributed by atoms with van der Waals surface area (Å²) in [5, 5.41) is 2.28. The lowest BCUT2D eigenvalue weighted by Crippen LogP contribution is -2.46. The topological polar surface area (TPSA) is 102 Å². The molecule has 160 valence electrons. The number of nitrogens with zero attached hydrogens (tertiary/aromatic N) is 1. The maximum Gasteiger partial charge on any atom is 0.312 e. The highest BCUT2D eigenvalue weighted by atomic mass is 16.5. The first-order valence-corrected chi connectivity index (χ1v) is 9.72. The van der Waals surface area contributed by atoms with Crippen LogP contribution in [0, 0.1) is 0 Å². The molecule has 2 rings (SSSR count). The zero-order chi connectivity index (χ0) is 22.2. The highest BCUT2D eigenvalue weighted by Crippen LogP contribution is 2.26. The molecule has 0 bridgehead atoms. The third kappa shape index (κ3) is 9.10. The molecular formula is C22H33N3O4. The number of allylic oxidation sites excluding steroid dienone is 4. The van der Waals surface area contributed by atoms with Crippen molar-refractivity contribution in [3.8, 4) is 5.75 Å². The van der Waals surface area contributed by atoms with Gasteiger partial charge in [0.15, 0.2) is 0 Å². The van der Waals surface area contributed by atoms with Gasteiger partial charge in [0, 0.05) is 18.7 Å². The fourth-order valence-electron chi connectivity index (χ4n) is 2.48. The predicted octanol–water partition coefficient (Wildman–Crippen LogP) is 3.44. The third-order valence-electron chi connectivity index (χ3n) is 3.78. The Labute approximate surface area is 173 Å². The summed E-state index contributed by atoms with van der Waals surface area (Å²) in [6.07, 6.45) is 9.92. The van der Waals surface area contributed by atoms with Gasteiger partial charge in [0.1, 0.15) is 18.1 Å². The van der Waals surface area contributed by atoms with Gasteiger partial charge in [-0.1, -0.05) is 51.1 Å². The van der Waals surface area contributed by atoms with Crippen LogP contribution in [-0.4, -0.2) is 42.8 Å². The molecule has 3 amide bonds. The number of nitrogens with one attached hydrogen (secondary N) is 1. The van der Waals surface area contributed by atoms with Crippen LogP contribution in [0.1, 0.15) is 50.0 Å². The number of amides is 3. The van der Waals surface area contributed by atoms with Gasteiger partial charge in [0.05, 0.1) is 7.11 Å². The van der Waals surface area contributed by atoms with Crippen LogP contribution in [0.3, 0.4) is 0 Å². The largest absolute Gasteiger partial charge is 0.497 e. The van der Waals surface area contributed by atoms with Crippen molar-refractivity contribution in [3.05, 3.63) is 53.6 Å². The van der Waals surface area contributed by atoms with Crippen LogP contribution in [0.15, 0.2) is 42.5 Å². The second-order valence-corrected chi connectivity index (χ2v) is 5.82. The molecule has 1 aromatic rings. The van der Waals surface area contributed by atoms with Crippen molar-refractivity contribution in [2.45, 2.75) is 46.7 Å². The van der Waals surface area contributed by atoms with Gasteiger partial charge < -0.3 is 25.5 Å². The van der Waals surface area contributed by atoms with Crippen molar-refractivity contribution in [2.75, 3.05) is 13.7 Å². The van der Waals surface area contributed by atoms with Crippen molar-refractivity contribution in [3.63, 3.8) is 0 Å². The minimum atomic E-state index is -0.812. The van der Waals surface area contributed by atoms with E-state index in [0.717, 1.165) is 12.0 Å². The molecule has 7 heteroatoms. The number of hydrogen-bond acceptors (Lipinski definition) is 4. The summed E-state index contributed by atoms with van der Waals surface area (Å²) >= 11 is 0. The second kappa shape index (κ2) is 14.9. The number of hydrogen-bond donors (Lipinski definition) is 2. The van der Waals surface area contributed by atoms with E-state index in [2.05, 4.69) is 24.4 Å². The summed E-state index contributed by atoms with van der Waals surface area (Å²) in [5.74, 6) is 0.401. The molecule has 1 heterocycles. The van der Waals surface area contributed by atoms with Crippen LogP contribution in [0.2, 0.25) is 0 Å². The molecular weight excluding hydrogens is 370 g/mol. The molecule has 1 aliphatic heterocycles.